The smallest absolute Gasteiger partial charge is 0.269 e. The van der Waals surface area contributed by atoms with Crippen molar-refractivity contribution in [2.45, 2.75) is 12.8 Å². The van der Waals surface area contributed by atoms with Crippen LogP contribution in [0, 0.1) is 10.1 Å². The van der Waals surface area contributed by atoms with Crippen LogP contribution in [-0.2, 0) is 9.53 Å². The highest BCUT2D eigenvalue weighted by Crippen LogP contribution is 2.19. The highest BCUT2D eigenvalue weighted by molar-refractivity contribution is 5.83. The summed E-state index contributed by atoms with van der Waals surface area (Å²) in [5, 5.41) is 13.5. The molecule has 1 fully saturated rings. The summed E-state index contributed by atoms with van der Waals surface area (Å²) in [7, 11) is 0. The van der Waals surface area contributed by atoms with E-state index in [9.17, 15) is 14.9 Å². The molecule has 7 nitrogen and oxygen atoms in total. The highest BCUT2D eigenvalue weighted by Gasteiger charge is 2.17. The average molecular weight is 307 g/mol. The largest absolute Gasteiger partial charge is 0.379 e. The summed E-state index contributed by atoms with van der Waals surface area (Å²) in [6, 6.07) is 6.11. The van der Waals surface area contributed by atoms with Crippen molar-refractivity contribution < 1.29 is 14.5 Å². The minimum absolute atomic E-state index is 0.0312. The van der Waals surface area contributed by atoms with Crippen LogP contribution in [0.1, 0.15) is 18.4 Å². The van der Waals surface area contributed by atoms with Gasteiger partial charge in [0.25, 0.3) is 5.69 Å². The van der Waals surface area contributed by atoms with Crippen LogP contribution in [0.2, 0.25) is 0 Å². The molecule has 22 heavy (non-hydrogen) atoms. The van der Waals surface area contributed by atoms with Crippen molar-refractivity contribution in [1.82, 2.24) is 10.2 Å². The van der Waals surface area contributed by atoms with Gasteiger partial charge >= 0.3 is 0 Å². The van der Waals surface area contributed by atoms with Crippen molar-refractivity contribution >= 4 is 11.6 Å². The predicted octanol–water partition coefficient (Wildman–Crippen LogP) is 1.15. The molecule has 0 saturated carbocycles. The van der Waals surface area contributed by atoms with Crippen LogP contribution in [0.3, 0.4) is 0 Å². The Bertz CT molecular complexity index is 512. The molecule has 1 aromatic carbocycles. The normalized spacial score (nSPS) is 17.0. The first-order valence-corrected chi connectivity index (χ1v) is 7.40. The molecule has 1 saturated heterocycles. The standard InChI is InChI=1S/C15H21N3O4/c1-12(13-2-4-14(5-3-13)18(20)21)15(19)16-6-7-17-8-10-22-11-9-17/h2-5,12H,6-11H2,1H3,(H,16,19)/t12-/m1/s1. The molecule has 1 N–H and O–H groups in total. The van der Waals surface area contributed by atoms with E-state index in [4.69, 9.17) is 4.74 Å². The maximum Gasteiger partial charge on any atom is 0.269 e. The lowest BCUT2D eigenvalue weighted by Crippen LogP contribution is -2.42. The Hall–Kier alpha value is -1.99. The van der Waals surface area contributed by atoms with E-state index < -0.39 is 4.92 Å². The maximum atomic E-state index is 12.1. The Kier molecular flexibility index (Phi) is 5.85. The Morgan fingerprint density at radius 1 is 1.36 bits per heavy atom. The summed E-state index contributed by atoms with van der Waals surface area (Å²) in [5.41, 5.74) is 0.804. The SMILES string of the molecule is C[C@@H](C(=O)NCCN1CCOCC1)c1ccc([N+](=O)[O-])cc1. The van der Waals surface area contributed by atoms with Crippen molar-refractivity contribution in [3.8, 4) is 0 Å². The molecule has 0 aliphatic carbocycles. The molecule has 1 atom stereocenters. The first kappa shape index (κ1) is 16.4. The lowest BCUT2D eigenvalue weighted by atomic mass is 10.00. The highest BCUT2D eigenvalue weighted by atomic mass is 16.6. The fourth-order valence-corrected chi connectivity index (χ4v) is 2.35. The van der Waals surface area contributed by atoms with Crippen LogP contribution < -0.4 is 5.32 Å². The molecule has 0 spiro atoms. The molecule has 7 heteroatoms. The molecule has 0 radical (unpaired) electrons. The number of hydrogen-bond acceptors (Lipinski definition) is 5. The Balaban J connectivity index is 1.79. The van der Waals surface area contributed by atoms with Crippen LogP contribution in [-0.4, -0.2) is 55.1 Å². The minimum atomic E-state index is -0.448. The zero-order chi connectivity index (χ0) is 15.9. The van der Waals surface area contributed by atoms with Crippen molar-refractivity contribution in [3.63, 3.8) is 0 Å². The molecule has 0 bridgehead atoms. The second-order valence-electron chi connectivity index (χ2n) is 5.32. The van der Waals surface area contributed by atoms with Crippen molar-refractivity contribution in [3.05, 3.63) is 39.9 Å². The number of nitro benzene ring substituents is 1. The number of rotatable bonds is 6. The van der Waals surface area contributed by atoms with E-state index in [0.717, 1.165) is 38.4 Å². The van der Waals surface area contributed by atoms with Gasteiger partial charge < -0.3 is 10.1 Å². The number of hydrogen-bond donors (Lipinski definition) is 1. The van der Waals surface area contributed by atoms with E-state index in [2.05, 4.69) is 10.2 Å². The third kappa shape index (κ3) is 4.51. The van der Waals surface area contributed by atoms with Gasteiger partial charge in [0.2, 0.25) is 5.91 Å². The summed E-state index contributed by atoms with van der Waals surface area (Å²) >= 11 is 0. The monoisotopic (exact) mass is 307 g/mol. The number of nitro groups is 1. The van der Waals surface area contributed by atoms with Crippen LogP contribution in [0.15, 0.2) is 24.3 Å². The van der Waals surface area contributed by atoms with Crippen LogP contribution in [0.5, 0.6) is 0 Å². The van der Waals surface area contributed by atoms with Crippen LogP contribution in [0.4, 0.5) is 5.69 Å². The predicted molar refractivity (Wildman–Crippen MR) is 81.8 cm³/mol. The van der Waals surface area contributed by atoms with Gasteiger partial charge in [-0.3, -0.25) is 19.8 Å². The van der Waals surface area contributed by atoms with Crippen molar-refractivity contribution in [2.24, 2.45) is 0 Å². The van der Waals surface area contributed by atoms with E-state index in [1.807, 2.05) is 0 Å². The zero-order valence-electron chi connectivity index (χ0n) is 12.7. The Labute approximate surface area is 129 Å². The number of carbonyl (C=O) groups excluding carboxylic acids is 1. The third-order valence-electron chi connectivity index (χ3n) is 3.83. The number of non-ortho nitro benzene ring substituents is 1. The number of nitrogens with zero attached hydrogens (tertiary/aromatic N) is 2. The summed E-state index contributed by atoms with van der Waals surface area (Å²) in [6.07, 6.45) is 0. The average Bonchev–Trinajstić information content (AvgIpc) is 2.55. The van der Waals surface area contributed by atoms with Crippen LogP contribution >= 0.6 is 0 Å². The van der Waals surface area contributed by atoms with Gasteiger partial charge in [0.15, 0.2) is 0 Å². The number of amides is 1. The van der Waals surface area contributed by atoms with E-state index in [1.165, 1.54) is 12.1 Å². The molecule has 1 aromatic rings. The first-order chi connectivity index (χ1) is 10.6. The summed E-state index contributed by atoms with van der Waals surface area (Å²) in [6.45, 7) is 6.48. The number of carbonyl (C=O) groups is 1. The fourth-order valence-electron chi connectivity index (χ4n) is 2.35. The summed E-state index contributed by atoms with van der Waals surface area (Å²) in [4.78, 5) is 24.5. The lowest BCUT2D eigenvalue weighted by Gasteiger charge is -2.26. The van der Waals surface area contributed by atoms with E-state index in [1.54, 1.807) is 19.1 Å². The summed E-state index contributed by atoms with van der Waals surface area (Å²) < 4.78 is 5.27. The zero-order valence-corrected chi connectivity index (χ0v) is 12.7. The first-order valence-electron chi connectivity index (χ1n) is 7.40. The van der Waals surface area contributed by atoms with Gasteiger partial charge in [-0.15, -0.1) is 0 Å². The number of ether oxygens (including phenoxy) is 1. The van der Waals surface area contributed by atoms with E-state index in [0.29, 0.717) is 6.54 Å². The topological polar surface area (TPSA) is 84.7 Å². The lowest BCUT2D eigenvalue weighted by molar-refractivity contribution is -0.384. The molecule has 2 rings (SSSR count). The summed E-state index contributed by atoms with van der Waals surface area (Å²) in [5.74, 6) is -0.396. The molecule has 1 heterocycles. The van der Waals surface area contributed by atoms with Gasteiger partial charge in [0.1, 0.15) is 0 Å². The Morgan fingerprint density at radius 2 is 2.00 bits per heavy atom. The third-order valence-corrected chi connectivity index (χ3v) is 3.83. The van der Waals surface area contributed by atoms with Crippen molar-refractivity contribution in [2.75, 3.05) is 39.4 Å². The molecular formula is C15H21N3O4. The van der Waals surface area contributed by atoms with Crippen molar-refractivity contribution in [1.29, 1.82) is 0 Å². The minimum Gasteiger partial charge on any atom is -0.379 e. The van der Waals surface area contributed by atoms with Gasteiger partial charge in [0, 0.05) is 38.3 Å². The second kappa shape index (κ2) is 7.86. The molecule has 120 valence electrons. The fraction of sp³-hybridized carbons (Fsp3) is 0.533. The maximum absolute atomic E-state index is 12.1. The quantitative estimate of drug-likeness (QED) is 0.629. The van der Waals surface area contributed by atoms with Gasteiger partial charge in [-0.2, -0.15) is 0 Å². The van der Waals surface area contributed by atoms with E-state index >= 15 is 0 Å². The molecule has 1 aliphatic heterocycles. The van der Waals surface area contributed by atoms with Gasteiger partial charge in [-0.25, -0.2) is 0 Å². The number of benzene rings is 1. The van der Waals surface area contributed by atoms with Gasteiger partial charge in [-0.05, 0) is 12.5 Å². The molecule has 1 amide bonds. The van der Waals surface area contributed by atoms with Gasteiger partial charge in [0.05, 0.1) is 24.1 Å². The van der Waals surface area contributed by atoms with Crippen LogP contribution in [0.25, 0.3) is 0 Å². The molecule has 0 unspecified atom stereocenters. The number of nitrogens with one attached hydrogen (secondary N) is 1. The Morgan fingerprint density at radius 3 is 2.59 bits per heavy atom. The van der Waals surface area contributed by atoms with Gasteiger partial charge in [-0.1, -0.05) is 12.1 Å². The second-order valence-corrected chi connectivity index (χ2v) is 5.32. The molecule has 0 aromatic heterocycles. The molecule has 1 aliphatic rings. The number of morpholine rings is 1. The van der Waals surface area contributed by atoms with E-state index in [-0.39, 0.29) is 17.5 Å². The molecular weight excluding hydrogens is 286 g/mol.